The number of hydrogen-bond acceptors (Lipinski definition) is 2. The largest absolute Gasteiger partial charge is 0.354 e. The standard InChI is InChI=1S/C10H20N2O/c1-8(2)10(13)12-7-9-5-3-4-6-11-9/h8-9,11H,3-7H2,1-2H3,(H,12,13)/t9-/m0/s1. The van der Waals surface area contributed by atoms with Crippen molar-refractivity contribution in [3.8, 4) is 0 Å². The first-order valence-electron chi connectivity index (χ1n) is 5.21. The summed E-state index contributed by atoms with van der Waals surface area (Å²) in [6, 6.07) is 0.497. The SMILES string of the molecule is CC(C)C(=O)NC[C@@H]1CCCCN1. The van der Waals surface area contributed by atoms with E-state index in [0.717, 1.165) is 13.1 Å². The summed E-state index contributed by atoms with van der Waals surface area (Å²) >= 11 is 0. The molecule has 76 valence electrons. The van der Waals surface area contributed by atoms with Crippen LogP contribution in [0, 0.1) is 5.92 Å². The minimum atomic E-state index is 0.101. The van der Waals surface area contributed by atoms with Crippen LogP contribution in [0.4, 0.5) is 0 Å². The number of piperidine rings is 1. The highest BCUT2D eigenvalue weighted by Crippen LogP contribution is 2.05. The molecule has 2 N–H and O–H groups in total. The molecule has 1 rings (SSSR count). The number of carbonyl (C=O) groups excluding carboxylic acids is 1. The van der Waals surface area contributed by atoms with E-state index in [1.54, 1.807) is 0 Å². The molecule has 1 atom stereocenters. The van der Waals surface area contributed by atoms with Crippen LogP contribution in [0.2, 0.25) is 0 Å². The van der Waals surface area contributed by atoms with Gasteiger partial charge in [0.15, 0.2) is 0 Å². The molecule has 1 fully saturated rings. The van der Waals surface area contributed by atoms with Gasteiger partial charge in [0.1, 0.15) is 0 Å². The van der Waals surface area contributed by atoms with Crippen molar-refractivity contribution in [3.63, 3.8) is 0 Å². The van der Waals surface area contributed by atoms with Gasteiger partial charge in [0.2, 0.25) is 5.91 Å². The fraction of sp³-hybridized carbons (Fsp3) is 0.900. The Morgan fingerprint density at radius 3 is 2.85 bits per heavy atom. The van der Waals surface area contributed by atoms with Gasteiger partial charge in [-0.3, -0.25) is 4.79 Å². The molecule has 1 heterocycles. The van der Waals surface area contributed by atoms with E-state index in [2.05, 4.69) is 10.6 Å². The first-order chi connectivity index (χ1) is 6.20. The highest BCUT2D eigenvalue weighted by molar-refractivity contribution is 5.77. The van der Waals surface area contributed by atoms with E-state index in [1.807, 2.05) is 13.8 Å². The summed E-state index contributed by atoms with van der Waals surface area (Å²) in [6.07, 6.45) is 3.75. The Labute approximate surface area is 80.3 Å². The van der Waals surface area contributed by atoms with Crippen molar-refractivity contribution in [3.05, 3.63) is 0 Å². The van der Waals surface area contributed by atoms with Crippen LogP contribution in [0.3, 0.4) is 0 Å². The van der Waals surface area contributed by atoms with Gasteiger partial charge in [0, 0.05) is 18.5 Å². The lowest BCUT2D eigenvalue weighted by atomic mass is 10.0. The molecular formula is C10H20N2O. The molecule has 0 aliphatic carbocycles. The fourth-order valence-corrected chi connectivity index (χ4v) is 1.53. The Bertz CT molecular complexity index is 162. The summed E-state index contributed by atoms with van der Waals surface area (Å²) in [4.78, 5) is 11.2. The van der Waals surface area contributed by atoms with Gasteiger partial charge in [-0.25, -0.2) is 0 Å². The van der Waals surface area contributed by atoms with Gasteiger partial charge in [-0.05, 0) is 19.4 Å². The van der Waals surface area contributed by atoms with E-state index >= 15 is 0 Å². The van der Waals surface area contributed by atoms with Crippen molar-refractivity contribution in [2.45, 2.75) is 39.2 Å². The van der Waals surface area contributed by atoms with Crippen molar-refractivity contribution in [1.29, 1.82) is 0 Å². The third-order valence-corrected chi connectivity index (χ3v) is 2.46. The summed E-state index contributed by atoms with van der Waals surface area (Å²) in [5, 5.41) is 6.35. The minimum absolute atomic E-state index is 0.101. The first-order valence-corrected chi connectivity index (χ1v) is 5.21. The van der Waals surface area contributed by atoms with Gasteiger partial charge in [-0.2, -0.15) is 0 Å². The van der Waals surface area contributed by atoms with E-state index < -0.39 is 0 Å². The van der Waals surface area contributed by atoms with Gasteiger partial charge < -0.3 is 10.6 Å². The quantitative estimate of drug-likeness (QED) is 0.684. The van der Waals surface area contributed by atoms with Crippen LogP contribution >= 0.6 is 0 Å². The Kier molecular flexibility index (Phi) is 4.22. The molecule has 1 saturated heterocycles. The number of nitrogens with one attached hydrogen (secondary N) is 2. The molecule has 0 bridgehead atoms. The van der Waals surface area contributed by atoms with Gasteiger partial charge in [-0.1, -0.05) is 20.3 Å². The number of amides is 1. The number of hydrogen-bond donors (Lipinski definition) is 2. The Morgan fingerprint density at radius 2 is 2.31 bits per heavy atom. The number of carbonyl (C=O) groups is 1. The van der Waals surface area contributed by atoms with Gasteiger partial charge in [0.25, 0.3) is 0 Å². The highest BCUT2D eigenvalue weighted by atomic mass is 16.1. The van der Waals surface area contributed by atoms with E-state index in [4.69, 9.17) is 0 Å². The van der Waals surface area contributed by atoms with Crippen LogP contribution in [-0.2, 0) is 4.79 Å². The second-order valence-corrected chi connectivity index (χ2v) is 4.05. The van der Waals surface area contributed by atoms with Gasteiger partial charge in [-0.15, -0.1) is 0 Å². The number of rotatable bonds is 3. The Morgan fingerprint density at radius 1 is 1.54 bits per heavy atom. The average Bonchev–Trinajstić information content (AvgIpc) is 2.15. The lowest BCUT2D eigenvalue weighted by Crippen LogP contribution is -2.44. The molecule has 0 aromatic rings. The molecule has 0 saturated carbocycles. The predicted molar refractivity (Wildman–Crippen MR) is 53.5 cm³/mol. The third kappa shape index (κ3) is 3.77. The van der Waals surface area contributed by atoms with Crippen LogP contribution in [0.25, 0.3) is 0 Å². The lowest BCUT2D eigenvalue weighted by molar-refractivity contribution is -0.124. The zero-order chi connectivity index (χ0) is 9.68. The fourth-order valence-electron chi connectivity index (χ4n) is 1.53. The van der Waals surface area contributed by atoms with Crippen LogP contribution < -0.4 is 10.6 Å². The molecule has 1 aliphatic heterocycles. The monoisotopic (exact) mass is 184 g/mol. The molecule has 0 aromatic carbocycles. The molecule has 3 heteroatoms. The maximum absolute atomic E-state index is 11.2. The zero-order valence-corrected chi connectivity index (χ0v) is 8.60. The molecule has 1 aliphatic rings. The zero-order valence-electron chi connectivity index (χ0n) is 8.60. The molecule has 0 spiro atoms. The average molecular weight is 184 g/mol. The van der Waals surface area contributed by atoms with Crippen LogP contribution in [0.15, 0.2) is 0 Å². The molecule has 0 unspecified atom stereocenters. The molecule has 0 aromatic heterocycles. The van der Waals surface area contributed by atoms with Crippen molar-refractivity contribution in [1.82, 2.24) is 10.6 Å². The van der Waals surface area contributed by atoms with Crippen LogP contribution in [-0.4, -0.2) is 25.0 Å². The van der Waals surface area contributed by atoms with Crippen LogP contribution in [0.5, 0.6) is 0 Å². The predicted octanol–water partition coefficient (Wildman–Crippen LogP) is 0.901. The smallest absolute Gasteiger partial charge is 0.222 e. The van der Waals surface area contributed by atoms with Gasteiger partial charge in [0.05, 0.1) is 0 Å². The summed E-state index contributed by atoms with van der Waals surface area (Å²) in [5.74, 6) is 0.260. The van der Waals surface area contributed by atoms with Crippen LogP contribution in [0.1, 0.15) is 33.1 Å². The molecule has 0 radical (unpaired) electrons. The minimum Gasteiger partial charge on any atom is -0.354 e. The van der Waals surface area contributed by atoms with E-state index in [0.29, 0.717) is 6.04 Å². The maximum atomic E-state index is 11.2. The summed E-state index contributed by atoms with van der Waals surface area (Å²) in [7, 11) is 0. The lowest BCUT2D eigenvalue weighted by Gasteiger charge is -2.23. The molecular weight excluding hydrogens is 164 g/mol. The molecule has 1 amide bonds. The second-order valence-electron chi connectivity index (χ2n) is 4.05. The topological polar surface area (TPSA) is 41.1 Å². The van der Waals surface area contributed by atoms with E-state index in [1.165, 1.54) is 19.3 Å². The third-order valence-electron chi connectivity index (χ3n) is 2.46. The van der Waals surface area contributed by atoms with E-state index in [9.17, 15) is 4.79 Å². The first kappa shape index (κ1) is 10.5. The van der Waals surface area contributed by atoms with E-state index in [-0.39, 0.29) is 11.8 Å². The summed E-state index contributed by atoms with van der Waals surface area (Å²) in [5.41, 5.74) is 0. The summed E-state index contributed by atoms with van der Waals surface area (Å²) < 4.78 is 0. The second kappa shape index (κ2) is 5.22. The van der Waals surface area contributed by atoms with Crippen molar-refractivity contribution >= 4 is 5.91 Å². The molecule has 13 heavy (non-hydrogen) atoms. The van der Waals surface area contributed by atoms with Crippen molar-refractivity contribution in [2.24, 2.45) is 5.92 Å². The Balaban J connectivity index is 2.13. The van der Waals surface area contributed by atoms with Gasteiger partial charge >= 0.3 is 0 Å². The van der Waals surface area contributed by atoms with Crippen molar-refractivity contribution in [2.75, 3.05) is 13.1 Å². The maximum Gasteiger partial charge on any atom is 0.222 e. The molecule has 3 nitrogen and oxygen atoms in total. The highest BCUT2D eigenvalue weighted by Gasteiger charge is 2.14. The normalized spacial score (nSPS) is 23.2. The van der Waals surface area contributed by atoms with Crippen molar-refractivity contribution < 1.29 is 4.79 Å². The Hall–Kier alpha value is -0.570. The summed E-state index contributed by atoms with van der Waals surface area (Å²) in [6.45, 7) is 5.73.